The molecule has 30 heavy (non-hydrogen) atoms. The van der Waals surface area contributed by atoms with Gasteiger partial charge in [-0.25, -0.2) is 9.97 Å². The summed E-state index contributed by atoms with van der Waals surface area (Å²) in [5.41, 5.74) is 5.15. The summed E-state index contributed by atoms with van der Waals surface area (Å²) in [6.07, 6.45) is 0. The zero-order valence-electron chi connectivity index (χ0n) is 17.4. The molecule has 0 amide bonds. The Balaban J connectivity index is 1.68. The van der Waals surface area contributed by atoms with Crippen LogP contribution in [-0.4, -0.2) is 34.9 Å². The van der Waals surface area contributed by atoms with Crippen molar-refractivity contribution in [3.63, 3.8) is 0 Å². The predicted octanol–water partition coefficient (Wildman–Crippen LogP) is 4.79. The highest BCUT2D eigenvalue weighted by atomic mass is 16.5. The Kier molecular flexibility index (Phi) is 4.71. The third-order valence-corrected chi connectivity index (χ3v) is 5.69. The first-order valence-electron chi connectivity index (χ1n) is 10.2. The van der Waals surface area contributed by atoms with Gasteiger partial charge in [-0.15, -0.1) is 0 Å². The van der Waals surface area contributed by atoms with Crippen LogP contribution in [0.3, 0.4) is 0 Å². The van der Waals surface area contributed by atoms with E-state index in [9.17, 15) is 0 Å². The minimum Gasteiger partial charge on any atom is -0.377 e. The fraction of sp³-hybridized carbons (Fsp3) is 0.292. The van der Waals surface area contributed by atoms with Gasteiger partial charge in [0.1, 0.15) is 17.4 Å². The van der Waals surface area contributed by atoms with Gasteiger partial charge in [0, 0.05) is 17.5 Å². The Hall–Kier alpha value is -3.25. The molecule has 2 aromatic heterocycles. The maximum atomic E-state index is 5.84. The topological polar surface area (TPSA) is 64.3 Å². The van der Waals surface area contributed by atoms with Gasteiger partial charge in [-0.2, -0.15) is 0 Å². The Morgan fingerprint density at radius 2 is 1.83 bits per heavy atom. The lowest BCUT2D eigenvalue weighted by atomic mass is 10.0. The van der Waals surface area contributed by atoms with Gasteiger partial charge in [0.15, 0.2) is 0 Å². The molecular formula is C24H24N4O2. The van der Waals surface area contributed by atoms with Crippen LogP contribution in [0.25, 0.3) is 22.0 Å². The Labute approximate surface area is 175 Å². The van der Waals surface area contributed by atoms with Gasteiger partial charge in [-0.1, -0.05) is 41.6 Å². The number of benzene rings is 2. The second kappa shape index (κ2) is 7.54. The van der Waals surface area contributed by atoms with Crippen molar-refractivity contribution < 1.29 is 9.26 Å². The maximum absolute atomic E-state index is 5.84. The summed E-state index contributed by atoms with van der Waals surface area (Å²) in [4.78, 5) is 11.9. The second-order valence-electron chi connectivity index (χ2n) is 7.72. The SMILES string of the molecule is Cc1nc(N2CCOCC2c2ccccc2)c2cc(-c3c(C)noc3C)ccc2n1. The third-order valence-electron chi connectivity index (χ3n) is 5.69. The summed E-state index contributed by atoms with van der Waals surface area (Å²) in [7, 11) is 0. The van der Waals surface area contributed by atoms with E-state index in [1.165, 1.54) is 5.56 Å². The monoisotopic (exact) mass is 400 g/mol. The van der Waals surface area contributed by atoms with E-state index in [0.29, 0.717) is 13.2 Å². The van der Waals surface area contributed by atoms with Crippen molar-refractivity contribution in [1.29, 1.82) is 0 Å². The van der Waals surface area contributed by atoms with Crippen LogP contribution >= 0.6 is 0 Å². The van der Waals surface area contributed by atoms with E-state index in [0.717, 1.165) is 51.7 Å². The van der Waals surface area contributed by atoms with Crippen molar-refractivity contribution in [1.82, 2.24) is 15.1 Å². The molecule has 6 nitrogen and oxygen atoms in total. The number of aryl methyl sites for hydroxylation is 3. The van der Waals surface area contributed by atoms with Crippen molar-refractivity contribution in [3.8, 4) is 11.1 Å². The Bertz CT molecular complexity index is 1180. The van der Waals surface area contributed by atoms with Crippen LogP contribution in [0.15, 0.2) is 53.1 Å². The minimum absolute atomic E-state index is 0.111. The number of morpholine rings is 1. The van der Waals surface area contributed by atoms with Crippen LogP contribution in [0.1, 0.15) is 28.9 Å². The van der Waals surface area contributed by atoms with Gasteiger partial charge >= 0.3 is 0 Å². The molecule has 1 atom stereocenters. The summed E-state index contributed by atoms with van der Waals surface area (Å²) in [5.74, 6) is 2.53. The molecule has 1 saturated heterocycles. The molecule has 6 heteroatoms. The molecule has 152 valence electrons. The van der Waals surface area contributed by atoms with E-state index in [4.69, 9.17) is 14.2 Å². The minimum atomic E-state index is 0.111. The quantitative estimate of drug-likeness (QED) is 0.493. The number of anilines is 1. The lowest BCUT2D eigenvalue weighted by Gasteiger charge is -2.37. The van der Waals surface area contributed by atoms with Crippen molar-refractivity contribution in [3.05, 3.63) is 71.4 Å². The van der Waals surface area contributed by atoms with Gasteiger partial charge in [-0.3, -0.25) is 0 Å². The average molecular weight is 400 g/mol. The Morgan fingerprint density at radius 3 is 2.60 bits per heavy atom. The number of hydrogen-bond acceptors (Lipinski definition) is 6. The molecule has 0 aliphatic carbocycles. The molecule has 0 N–H and O–H groups in total. The number of nitrogens with zero attached hydrogens (tertiary/aromatic N) is 4. The first kappa shape index (κ1) is 18.8. The summed E-state index contributed by atoms with van der Waals surface area (Å²) in [5, 5.41) is 5.15. The lowest BCUT2D eigenvalue weighted by molar-refractivity contribution is 0.0938. The largest absolute Gasteiger partial charge is 0.377 e. The van der Waals surface area contributed by atoms with Crippen LogP contribution in [0.5, 0.6) is 0 Å². The maximum Gasteiger partial charge on any atom is 0.141 e. The number of aromatic nitrogens is 3. The average Bonchev–Trinajstić information content (AvgIpc) is 3.11. The molecule has 0 bridgehead atoms. The van der Waals surface area contributed by atoms with E-state index in [-0.39, 0.29) is 6.04 Å². The molecule has 1 aliphatic heterocycles. The second-order valence-corrected chi connectivity index (χ2v) is 7.72. The normalized spacial score (nSPS) is 16.9. The first-order chi connectivity index (χ1) is 14.6. The standard InChI is InChI=1S/C24H24N4O2/c1-15-23(16(2)30-27-15)19-9-10-21-20(13-19)24(26-17(3)25-21)28-11-12-29-14-22(28)18-7-5-4-6-8-18/h4-10,13,22H,11-12,14H2,1-3H3. The predicted molar refractivity (Wildman–Crippen MR) is 117 cm³/mol. The molecule has 0 radical (unpaired) electrons. The molecule has 1 unspecified atom stereocenters. The number of hydrogen-bond donors (Lipinski definition) is 0. The summed E-state index contributed by atoms with van der Waals surface area (Å²) >= 11 is 0. The van der Waals surface area contributed by atoms with Crippen molar-refractivity contribution in [2.45, 2.75) is 26.8 Å². The van der Waals surface area contributed by atoms with Crippen LogP contribution < -0.4 is 4.90 Å². The number of rotatable bonds is 3. The van der Waals surface area contributed by atoms with E-state index in [2.05, 4.69) is 57.5 Å². The van der Waals surface area contributed by atoms with E-state index in [1.54, 1.807) is 0 Å². The molecule has 3 heterocycles. The van der Waals surface area contributed by atoms with E-state index in [1.807, 2.05) is 26.8 Å². The van der Waals surface area contributed by atoms with Crippen molar-refractivity contribution >= 4 is 16.7 Å². The number of fused-ring (bicyclic) bond motifs is 1. The van der Waals surface area contributed by atoms with Gasteiger partial charge in [-0.05, 0) is 44.0 Å². The smallest absolute Gasteiger partial charge is 0.141 e. The zero-order chi connectivity index (χ0) is 20.7. The summed E-state index contributed by atoms with van der Waals surface area (Å²) in [6, 6.07) is 16.9. The summed E-state index contributed by atoms with van der Waals surface area (Å²) < 4.78 is 11.2. The third kappa shape index (κ3) is 3.23. The summed E-state index contributed by atoms with van der Waals surface area (Å²) in [6.45, 7) is 7.95. The highest BCUT2D eigenvalue weighted by Gasteiger charge is 2.28. The molecule has 2 aromatic carbocycles. The van der Waals surface area contributed by atoms with Crippen LogP contribution in [-0.2, 0) is 4.74 Å². The molecule has 1 aliphatic rings. The van der Waals surface area contributed by atoms with Crippen molar-refractivity contribution in [2.75, 3.05) is 24.7 Å². The molecule has 4 aromatic rings. The zero-order valence-corrected chi connectivity index (χ0v) is 17.4. The number of ether oxygens (including phenoxy) is 1. The first-order valence-corrected chi connectivity index (χ1v) is 10.2. The van der Waals surface area contributed by atoms with Crippen LogP contribution in [0.2, 0.25) is 0 Å². The van der Waals surface area contributed by atoms with E-state index < -0.39 is 0 Å². The fourth-order valence-electron chi connectivity index (χ4n) is 4.30. The van der Waals surface area contributed by atoms with Gasteiger partial charge in [0.25, 0.3) is 0 Å². The molecule has 1 fully saturated rings. The highest BCUT2D eigenvalue weighted by Crippen LogP contribution is 2.36. The van der Waals surface area contributed by atoms with Crippen LogP contribution in [0, 0.1) is 20.8 Å². The lowest BCUT2D eigenvalue weighted by Crippen LogP contribution is -2.40. The fourth-order valence-corrected chi connectivity index (χ4v) is 4.30. The van der Waals surface area contributed by atoms with Crippen molar-refractivity contribution in [2.24, 2.45) is 0 Å². The Morgan fingerprint density at radius 1 is 1.00 bits per heavy atom. The molecule has 0 saturated carbocycles. The van der Waals surface area contributed by atoms with Crippen LogP contribution in [0.4, 0.5) is 5.82 Å². The van der Waals surface area contributed by atoms with E-state index >= 15 is 0 Å². The van der Waals surface area contributed by atoms with Gasteiger partial charge in [0.2, 0.25) is 0 Å². The molecular weight excluding hydrogens is 376 g/mol. The molecule has 0 spiro atoms. The molecule has 5 rings (SSSR count). The van der Waals surface area contributed by atoms with Gasteiger partial charge < -0.3 is 14.2 Å². The van der Waals surface area contributed by atoms with Gasteiger partial charge in [0.05, 0.1) is 30.5 Å². The highest BCUT2D eigenvalue weighted by molar-refractivity contribution is 5.93.